The number of hydrogen-bond donors (Lipinski definition) is 1. The number of carbonyl (C=O) groups is 4. The van der Waals surface area contributed by atoms with Crippen LogP contribution >= 0.6 is 0 Å². The number of fused-ring (bicyclic) bond motifs is 2. The molecule has 4 amide bonds. The lowest BCUT2D eigenvalue weighted by molar-refractivity contribution is -0.121. The Kier molecular flexibility index (Phi) is 7.08. The summed E-state index contributed by atoms with van der Waals surface area (Å²) in [5.74, 6) is -0.344. The summed E-state index contributed by atoms with van der Waals surface area (Å²) in [4.78, 5) is 53.0. The van der Waals surface area contributed by atoms with E-state index in [1.54, 1.807) is 47.4 Å². The predicted octanol–water partition coefficient (Wildman–Crippen LogP) is 3.81. The number of nitrogens with zero attached hydrogens (tertiary/aromatic N) is 2. The zero-order valence-corrected chi connectivity index (χ0v) is 20.9. The molecular formula is C29H27N3O6. The lowest BCUT2D eigenvalue weighted by atomic mass is 10.1. The van der Waals surface area contributed by atoms with E-state index >= 15 is 0 Å². The van der Waals surface area contributed by atoms with Gasteiger partial charge in [-0.05, 0) is 62.2 Å². The average Bonchev–Trinajstić information content (AvgIpc) is 3.15. The molecule has 9 nitrogen and oxygen atoms in total. The van der Waals surface area contributed by atoms with Crippen LogP contribution in [0.3, 0.4) is 0 Å². The van der Waals surface area contributed by atoms with Gasteiger partial charge in [0.1, 0.15) is 18.0 Å². The highest BCUT2D eigenvalue weighted by atomic mass is 16.5. The molecule has 2 aliphatic heterocycles. The molecule has 38 heavy (non-hydrogen) atoms. The SMILES string of the molecule is Cc1ccc(OCCCCN2C(=O)COc3ccc(NC(=O)CN4C(=O)c5ccccc5C4=O)cc32)cc1. The van der Waals surface area contributed by atoms with E-state index < -0.39 is 24.3 Å². The molecule has 0 aliphatic carbocycles. The van der Waals surface area contributed by atoms with Crippen LogP contribution in [0.5, 0.6) is 11.5 Å². The van der Waals surface area contributed by atoms with Gasteiger partial charge >= 0.3 is 0 Å². The van der Waals surface area contributed by atoms with E-state index in [4.69, 9.17) is 9.47 Å². The second kappa shape index (κ2) is 10.8. The van der Waals surface area contributed by atoms with Crippen molar-refractivity contribution in [1.82, 2.24) is 4.90 Å². The number of anilines is 2. The van der Waals surface area contributed by atoms with Gasteiger partial charge in [-0.15, -0.1) is 0 Å². The Labute approximate surface area is 219 Å². The van der Waals surface area contributed by atoms with Gasteiger partial charge in [-0.2, -0.15) is 0 Å². The van der Waals surface area contributed by atoms with Crippen LogP contribution in [0.25, 0.3) is 0 Å². The molecule has 2 aliphatic rings. The maximum atomic E-state index is 12.7. The molecule has 2 heterocycles. The number of nitrogens with one attached hydrogen (secondary N) is 1. The maximum absolute atomic E-state index is 12.7. The molecule has 5 rings (SSSR count). The third kappa shape index (κ3) is 5.22. The largest absolute Gasteiger partial charge is 0.494 e. The fourth-order valence-corrected chi connectivity index (χ4v) is 4.45. The van der Waals surface area contributed by atoms with Crippen molar-refractivity contribution in [1.29, 1.82) is 0 Å². The topological polar surface area (TPSA) is 105 Å². The first kappa shape index (κ1) is 25.0. The highest BCUT2D eigenvalue weighted by molar-refractivity contribution is 6.22. The van der Waals surface area contributed by atoms with Crippen molar-refractivity contribution < 1.29 is 28.7 Å². The number of aryl methyl sites for hydroxylation is 1. The van der Waals surface area contributed by atoms with Crippen molar-refractivity contribution in [3.8, 4) is 11.5 Å². The number of imide groups is 1. The average molecular weight is 514 g/mol. The maximum Gasteiger partial charge on any atom is 0.265 e. The van der Waals surface area contributed by atoms with Crippen molar-refractivity contribution in [2.45, 2.75) is 19.8 Å². The quantitative estimate of drug-likeness (QED) is 0.345. The van der Waals surface area contributed by atoms with E-state index in [0.29, 0.717) is 36.7 Å². The summed E-state index contributed by atoms with van der Waals surface area (Å²) in [6, 6.07) is 19.3. The predicted molar refractivity (Wildman–Crippen MR) is 141 cm³/mol. The van der Waals surface area contributed by atoms with Crippen LogP contribution in [-0.2, 0) is 9.59 Å². The third-order valence-corrected chi connectivity index (χ3v) is 6.43. The lowest BCUT2D eigenvalue weighted by Crippen LogP contribution is -2.39. The number of rotatable bonds is 9. The Morgan fingerprint density at radius 2 is 1.63 bits per heavy atom. The first-order valence-electron chi connectivity index (χ1n) is 12.4. The van der Waals surface area contributed by atoms with Gasteiger partial charge in [0.2, 0.25) is 5.91 Å². The Morgan fingerprint density at radius 1 is 0.921 bits per heavy atom. The molecule has 0 unspecified atom stereocenters. The highest BCUT2D eigenvalue weighted by Gasteiger charge is 2.36. The second-order valence-corrected chi connectivity index (χ2v) is 9.18. The van der Waals surface area contributed by atoms with Gasteiger partial charge in [0.05, 0.1) is 23.4 Å². The Hall–Kier alpha value is -4.66. The summed E-state index contributed by atoms with van der Waals surface area (Å²) in [5, 5.41) is 2.72. The zero-order valence-electron chi connectivity index (χ0n) is 20.9. The fraction of sp³-hybridized carbons (Fsp3) is 0.241. The van der Waals surface area contributed by atoms with Gasteiger partial charge < -0.3 is 19.7 Å². The van der Waals surface area contributed by atoms with E-state index in [1.807, 2.05) is 31.2 Å². The van der Waals surface area contributed by atoms with Crippen LogP contribution in [0.2, 0.25) is 0 Å². The van der Waals surface area contributed by atoms with Crippen LogP contribution < -0.4 is 19.7 Å². The minimum atomic E-state index is -0.526. The normalized spacial score (nSPS) is 14.2. The number of hydrogen-bond acceptors (Lipinski definition) is 6. The molecule has 0 aromatic heterocycles. The summed E-state index contributed by atoms with van der Waals surface area (Å²) in [5.41, 5.74) is 2.72. The molecule has 0 bridgehead atoms. The van der Waals surface area contributed by atoms with Crippen molar-refractivity contribution in [2.75, 3.05) is 36.5 Å². The first-order chi connectivity index (χ1) is 18.4. The van der Waals surface area contributed by atoms with Crippen molar-refractivity contribution >= 4 is 35.0 Å². The minimum absolute atomic E-state index is 0.0572. The fourth-order valence-electron chi connectivity index (χ4n) is 4.45. The molecule has 194 valence electrons. The number of ether oxygens (including phenoxy) is 2. The summed E-state index contributed by atoms with van der Waals surface area (Å²) in [6.07, 6.45) is 1.47. The molecule has 1 N–H and O–H groups in total. The summed E-state index contributed by atoms with van der Waals surface area (Å²) >= 11 is 0. The van der Waals surface area contributed by atoms with Crippen LogP contribution in [0, 0.1) is 6.92 Å². The van der Waals surface area contributed by atoms with E-state index in [2.05, 4.69) is 5.32 Å². The van der Waals surface area contributed by atoms with Crippen molar-refractivity contribution in [3.05, 3.63) is 83.4 Å². The molecule has 0 saturated heterocycles. The lowest BCUT2D eigenvalue weighted by Gasteiger charge is -2.30. The summed E-state index contributed by atoms with van der Waals surface area (Å²) < 4.78 is 11.3. The second-order valence-electron chi connectivity index (χ2n) is 9.18. The van der Waals surface area contributed by atoms with Crippen LogP contribution in [0.1, 0.15) is 39.1 Å². The molecular weight excluding hydrogens is 486 g/mol. The van der Waals surface area contributed by atoms with Gasteiger partial charge in [0, 0.05) is 12.2 Å². The molecule has 0 atom stereocenters. The Balaban J connectivity index is 1.18. The molecule has 0 saturated carbocycles. The zero-order chi connectivity index (χ0) is 26.6. The third-order valence-electron chi connectivity index (χ3n) is 6.43. The van der Waals surface area contributed by atoms with Gasteiger partial charge in [-0.3, -0.25) is 24.1 Å². The van der Waals surface area contributed by atoms with Crippen LogP contribution in [0.15, 0.2) is 66.7 Å². The molecule has 0 spiro atoms. The molecule has 3 aromatic rings. The highest BCUT2D eigenvalue weighted by Crippen LogP contribution is 2.35. The molecule has 0 radical (unpaired) electrons. The van der Waals surface area contributed by atoms with Crippen molar-refractivity contribution in [3.63, 3.8) is 0 Å². The summed E-state index contributed by atoms with van der Waals surface area (Å²) in [7, 11) is 0. The molecule has 3 aromatic carbocycles. The van der Waals surface area contributed by atoms with Crippen LogP contribution in [0.4, 0.5) is 11.4 Å². The summed E-state index contributed by atoms with van der Waals surface area (Å²) in [6.45, 7) is 2.55. The van der Waals surface area contributed by atoms with Crippen LogP contribution in [-0.4, -0.2) is 54.8 Å². The van der Waals surface area contributed by atoms with E-state index in [1.165, 1.54) is 5.56 Å². The Bertz CT molecular complexity index is 1370. The van der Waals surface area contributed by atoms with E-state index in [-0.39, 0.29) is 23.6 Å². The number of carbonyl (C=O) groups excluding carboxylic acids is 4. The van der Waals surface area contributed by atoms with Gasteiger partial charge in [-0.25, -0.2) is 0 Å². The van der Waals surface area contributed by atoms with Crippen molar-refractivity contribution in [2.24, 2.45) is 0 Å². The minimum Gasteiger partial charge on any atom is -0.494 e. The number of unbranched alkanes of at least 4 members (excludes halogenated alkanes) is 1. The molecule has 0 fully saturated rings. The van der Waals surface area contributed by atoms with Gasteiger partial charge in [0.25, 0.3) is 17.7 Å². The van der Waals surface area contributed by atoms with Gasteiger partial charge in [-0.1, -0.05) is 29.8 Å². The monoisotopic (exact) mass is 513 g/mol. The number of amides is 4. The smallest absolute Gasteiger partial charge is 0.265 e. The van der Waals surface area contributed by atoms with E-state index in [0.717, 1.165) is 17.1 Å². The molecule has 9 heteroatoms. The van der Waals surface area contributed by atoms with E-state index in [9.17, 15) is 19.2 Å². The standard InChI is InChI=1S/C29H27N3O6/c1-19-8-11-21(12-9-19)37-15-5-4-14-31-24-16-20(10-13-25(24)38-18-27(31)34)30-26(33)17-32-28(35)22-6-2-3-7-23(22)29(32)36/h2-3,6-13,16H,4-5,14-15,17-18H2,1H3,(H,30,33). The number of benzene rings is 3. The Morgan fingerprint density at radius 3 is 2.34 bits per heavy atom. The van der Waals surface area contributed by atoms with Gasteiger partial charge in [0.15, 0.2) is 6.61 Å². The first-order valence-corrected chi connectivity index (χ1v) is 12.4.